The van der Waals surface area contributed by atoms with Crippen LogP contribution < -0.4 is 10.2 Å². The van der Waals surface area contributed by atoms with Crippen molar-refractivity contribution in [3.05, 3.63) is 88.6 Å². The highest BCUT2D eigenvalue weighted by molar-refractivity contribution is 7.09. The van der Waals surface area contributed by atoms with Crippen molar-refractivity contribution in [2.24, 2.45) is 0 Å². The van der Waals surface area contributed by atoms with Gasteiger partial charge in [-0.15, -0.1) is 16.4 Å². The Morgan fingerprint density at radius 1 is 1.18 bits per heavy atom. The molecule has 1 aliphatic heterocycles. The standard InChI is InChI=1S/C27H21N7O3S/c1-33-19-7-3-8-20-23(19)15(13-34(20)21-9-2-6-17-24(21)37-14-28-17)11-18(27(33)36)29-26(35)25-30-22(31-32-25)12-16-5-4-10-38-16/h2-10,13-14,18H,11-12H2,1H3,(H,29,35)(H,30,31,32)/t18-/m0/s1. The molecule has 7 rings (SSSR count). The van der Waals surface area contributed by atoms with Gasteiger partial charge in [0.25, 0.3) is 5.91 Å². The van der Waals surface area contributed by atoms with E-state index in [1.165, 1.54) is 6.39 Å². The van der Waals surface area contributed by atoms with Crippen LogP contribution in [0.5, 0.6) is 0 Å². The van der Waals surface area contributed by atoms with Crippen LogP contribution in [-0.2, 0) is 17.6 Å². The van der Waals surface area contributed by atoms with Gasteiger partial charge in [-0.1, -0.05) is 18.2 Å². The number of rotatable bonds is 5. The summed E-state index contributed by atoms with van der Waals surface area (Å²) in [6.07, 6.45) is 4.31. The first kappa shape index (κ1) is 22.4. The molecule has 2 amide bonds. The van der Waals surface area contributed by atoms with Crippen molar-refractivity contribution in [3.63, 3.8) is 0 Å². The predicted octanol–water partition coefficient (Wildman–Crippen LogP) is 3.86. The molecule has 0 radical (unpaired) electrons. The van der Waals surface area contributed by atoms with Crippen molar-refractivity contribution in [2.45, 2.75) is 18.9 Å². The second kappa shape index (κ2) is 8.67. The molecule has 38 heavy (non-hydrogen) atoms. The minimum atomic E-state index is -0.792. The number of oxazole rings is 1. The van der Waals surface area contributed by atoms with Crippen LogP contribution in [0.1, 0.15) is 26.9 Å². The number of hydrogen-bond donors (Lipinski definition) is 2. The van der Waals surface area contributed by atoms with Gasteiger partial charge in [-0.2, -0.15) is 0 Å². The molecule has 5 heterocycles. The molecule has 0 fully saturated rings. The number of likely N-dealkylation sites (N-methyl/N-ethyl adjacent to an activating group) is 1. The summed E-state index contributed by atoms with van der Waals surface area (Å²) in [5.41, 5.74) is 4.93. The molecular formula is C27H21N7O3S. The average Bonchev–Trinajstić information content (AvgIpc) is 3.73. The smallest absolute Gasteiger partial charge is 0.291 e. The number of fused-ring (bicyclic) bond motifs is 1. The van der Waals surface area contributed by atoms with E-state index < -0.39 is 11.9 Å². The van der Waals surface area contributed by atoms with E-state index in [0.717, 1.165) is 38.2 Å². The van der Waals surface area contributed by atoms with Crippen molar-refractivity contribution in [1.82, 2.24) is 30.0 Å². The van der Waals surface area contributed by atoms with E-state index in [2.05, 4.69) is 30.0 Å². The molecule has 0 aliphatic carbocycles. The predicted molar refractivity (Wildman–Crippen MR) is 143 cm³/mol. The van der Waals surface area contributed by atoms with Crippen molar-refractivity contribution < 1.29 is 14.0 Å². The van der Waals surface area contributed by atoms with E-state index in [0.29, 0.717) is 24.2 Å². The normalized spacial score (nSPS) is 15.3. The monoisotopic (exact) mass is 523 g/mol. The largest absolute Gasteiger partial charge is 0.441 e. The molecular weight excluding hydrogens is 502 g/mol. The minimum absolute atomic E-state index is 0.00786. The lowest BCUT2D eigenvalue weighted by atomic mass is 10.1. The Morgan fingerprint density at radius 2 is 2.05 bits per heavy atom. The summed E-state index contributed by atoms with van der Waals surface area (Å²) in [7, 11) is 1.73. The van der Waals surface area contributed by atoms with Crippen LogP contribution in [-0.4, -0.2) is 49.6 Å². The summed E-state index contributed by atoms with van der Waals surface area (Å²) in [5, 5.41) is 12.7. The van der Waals surface area contributed by atoms with Crippen LogP contribution in [0.4, 0.5) is 5.69 Å². The fourth-order valence-corrected chi connectivity index (χ4v) is 5.80. The lowest BCUT2D eigenvalue weighted by Crippen LogP contribution is -2.48. The average molecular weight is 524 g/mol. The Kier molecular flexibility index (Phi) is 5.11. The van der Waals surface area contributed by atoms with Gasteiger partial charge < -0.3 is 19.2 Å². The summed E-state index contributed by atoms with van der Waals surface area (Å²) in [5.74, 6) is -0.109. The van der Waals surface area contributed by atoms with Crippen molar-refractivity contribution >= 4 is 50.8 Å². The molecule has 188 valence electrons. The second-order valence-corrected chi connectivity index (χ2v) is 10.2. The van der Waals surface area contributed by atoms with E-state index in [1.54, 1.807) is 23.3 Å². The Hall–Kier alpha value is -4.77. The number of aromatic nitrogens is 5. The summed E-state index contributed by atoms with van der Waals surface area (Å²) in [6, 6.07) is 14.8. The quantitative estimate of drug-likeness (QED) is 0.354. The van der Waals surface area contributed by atoms with Gasteiger partial charge in [0.15, 0.2) is 12.0 Å². The first-order valence-corrected chi connectivity index (χ1v) is 12.9. The van der Waals surface area contributed by atoms with Gasteiger partial charge in [-0.05, 0) is 41.3 Å². The third kappa shape index (κ3) is 3.58. The van der Waals surface area contributed by atoms with Gasteiger partial charge in [0.05, 0.1) is 16.9 Å². The van der Waals surface area contributed by atoms with Gasteiger partial charge in [0.2, 0.25) is 11.7 Å². The number of amides is 2. The number of H-pyrrole nitrogens is 1. The zero-order valence-corrected chi connectivity index (χ0v) is 21.0. The Balaban J connectivity index is 1.23. The lowest BCUT2D eigenvalue weighted by Gasteiger charge is -2.22. The fraction of sp³-hybridized carbons (Fsp3) is 0.148. The highest BCUT2D eigenvalue weighted by atomic mass is 32.1. The highest BCUT2D eigenvalue weighted by Crippen LogP contribution is 2.37. The van der Waals surface area contributed by atoms with Crippen LogP contribution in [0.25, 0.3) is 27.7 Å². The third-order valence-electron chi connectivity index (χ3n) is 6.86. The molecule has 11 heteroatoms. The molecule has 0 bridgehead atoms. The van der Waals surface area contributed by atoms with E-state index >= 15 is 0 Å². The van der Waals surface area contributed by atoms with Crippen molar-refractivity contribution in [1.29, 1.82) is 0 Å². The fourth-order valence-electron chi connectivity index (χ4n) is 5.09. The number of hydrogen-bond acceptors (Lipinski definition) is 7. The zero-order valence-electron chi connectivity index (χ0n) is 20.2. The number of para-hydroxylation sites is 1. The van der Waals surface area contributed by atoms with Gasteiger partial charge in [-0.25, -0.2) is 9.97 Å². The Labute approximate surface area is 219 Å². The summed E-state index contributed by atoms with van der Waals surface area (Å²) in [4.78, 5) is 37.9. The number of aromatic amines is 1. The lowest BCUT2D eigenvalue weighted by molar-refractivity contribution is -0.120. The van der Waals surface area contributed by atoms with Gasteiger partial charge in [-0.3, -0.25) is 14.7 Å². The van der Waals surface area contributed by atoms with E-state index in [9.17, 15) is 9.59 Å². The Morgan fingerprint density at radius 3 is 2.92 bits per heavy atom. The van der Waals surface area contributed by atoms with Crippen LogP contribution in [0.2, 0.25) is 0 Å². The zero-order chi connectivity index (χ0) is 25.8. The van der Waals surface area contributed by atoms with Crippen LogP contribution >= 0.6 is 11.3 Å². The molecule has 0 saturated carbocycles. The maximum Gasteiger partial charge on any atom is 0.291 e. The highest BCUT2D eigenvalue weighted by Gasteiger charge is 2.33. The van der Waals surface area contributed by atoms with E-state index in [4.69, 9.17) is 4.42 Å². The van der Waals surface area contributed by atoms with Crippen molar-refractivity contribution in [3.8, 4) is 5.69 Å². The number of benzene rings is 2. The summed E-state index contributed by atoms with van der Waals surface area (Å²) in [6.45, 7) is 0. The molecule has 6 aromatic rings. The maximum atomic E-state index is 13.5. The first-order chi connectivity index (χ1) is 18.6. The first-order valence-electron chi connectivity index (χ1n) is 12.0. The minimum Gasteiger partial charge on any atom is -0.441 e. The molecule has 2 aromatic carbocycles. The number of carbonyl (C=O) groups is 2. The van der Waals surface area contributed by atoms with Crippen molar-refractivity contribution in [2.75, 3.05) is 11.9 Å². The topological polar surface area (TPSA) is 122 Å². The van der Waals surface area contributed by atoms with E-state index in [1.807, 2.05) is 60.1 Å². The molecule has 1 aliphatic rings. The summed E-state index contributed by atoms with van der Waals surface area (Å²) >= 11 is 1.61. The molecule has 4 aromatic heterocycles. The van der Waals surface area contributed by atoms with Gasteiger partial charge in [0.1, 0.15) is 17.4 Å². The number of nitrogens with one attached hydrogen (secondary N) is 2. The van der Waals surface area contributed by atoms with Crippen LogP contribution in [0, 0.1) is 0 Å². The second-order valence-electron chi connectivity index (χ2n) is 9.16. The van der Waals surface area contributed by atoms with Gasteiger partial charge >= 0.3 is 0 Å². The molecule has 0 spiro atoms. The number of thiophene rings is 1. The van der Waals surface area contributed by atoms with Crippen LogP contribution in [0.3, 0.4) is 0 Å². The molecule has 10 nitrogen and oxygen atoms in total. The number of carbonyl (C=O) groups excluding carboxylic acids is 2. The SMILES string of the molecule is CN1C(=O)[C@@H](NC(=O)c2n[nH]c(Cc3cccs3)n2)Cc2cn(-c3cccc4ncoc34)c3cccc1c23. The molecule has 0 unspecified atom stereocenters. The Bertz CT molecular complexity index is 1830. The van der Waals surface area contributed by atoms with E-state index in [-0.39, 0.29) is 11.7 Å². The third-order valence-corrected chi connectivity index (χ3v) is 7.73. The van der Waals surface area contributed by atoms with Crippen LogP contribution in [0.15, 0.2) is 70.9 Å². The molecule has 1 atom stereocenters. The molecule has 0 saturated heterocycles. The number of nitrogens with zero attached hydrogens (tertiary/aromatic N) is 5. The van der Waals surface area contributed by atoms with Gasteiger partial charge in [0, 0.05) is 36.3 Å². The number of anilines is 1. The summed E-state index contributed by atoms with van der Waals surface area (Å²) < 4.78 is 7.74. The molecule has 2 N–H and O–H groups in total. The maximum absolute atomic E-state index is 13.5.